The van der Waals surface area contributed by atoms with E-state index in [0.717, 1.165) is 6.42 Å². The topological polar surface area (TPSA) is 100 Å². The number of rotatable bonds is 1. The molecule has 0 fully saturated rings. The van der Waals surface area contributed by atoms with Crippen LogP contribution in [0.25, 0.3) is 22.3 Å². The van der Waals surface area contributed by atoms with Crippen LogP contribution in [0.5, 0.6) is 23.0 Å². The quantitative estimate of drug-likeness (QED) is 0.616. The minimum atomic E-state index is -0.709. The first-order valence-electron chi connectivity index (χ1n) is 8.30. The molecule has 0 aliphatic carbocycles. The highest BCUT2D eigenvalue weighted by atomic mass is 16.5. The van der Waals surface area contributed by atoms with E-state index in [1.54, 1.807) is 0 Å². The molecule has 6 nitrogen and oxygen atoms in total. The highest BCUT2D eigenvalue weighted by Crippen LogP contribution is 2.43. The summed E-state index contributed by atoms with van der Waals surface area (Å²) in [5.74, 6) is -0.368. The molecule has 0 bridgehead atoms. The van der Waals surface area contributed by atoms with Gasteiger partial charge in [-0.05, 0) is 51.0 Å². The van der Waals surface area contributed by atoms with Crippen molar-refractivity contribution in [3.63, 3.8) is 0 Å². The molecule has 0 spiro atoms. The van der Waals surface area contributed by atoms with E-state index in [0.29, 0.717) is 23.3 Å². The van der Waals surface area contributed by atoms with Crippen molar-refractivity contribution in [3.05, 3.63) is 46.1 Å². The lowest BCUT2D eigenvalue weighted by atomic mass is 9.92. The monoisotopic (exact) mass is 354 g/mol. The Bertz CT molecular complexity index is 1080. The maximum atomic E-state index is 12.7. The first kappa shape index (κ1) is 16.3. The van der Waals surface area contributed by atoms with Crippen LogP contribution in [0.2, 0.25) is 0 Å². The fraction of sp³-hybridized carbons (Fsp3) is 0.250. The molecule has 26 heavy (non-hydrogen) atoms. The predicted octanol–water partition coefficient (Wildman–Crippen LogP) is 3.68. The summed E-state index contributed by atoms with van der Waals surface area (Å²) in [7, 11) is 0. The van der Waals surface area contributed by atoms with Gasteiger partial charge in [0.15, 0.2) is 5.76 Å². The van der Waals surface area contributed by atoms with Crippen LogP contribution in [0.1, 0.15) is 25.8 Å². The molecule has 0 atom stereocenters. The van der Waals surface area contributed by atoms with Crippen LogP contribution in [-0.2, 0) is 6.42 Å². The molecule has 0 unspecified atom stereocenters. The number of ether oxygens (including phenoxy) is 1. The Hall–Kier alpha value is -3.15. The van der Waals surface area contributed by atoms with E-state index in [1.165, 1.54) is 30.3 Å². The normalized spacial score (nSPS) is 15.5. The van der Waals surface area contributed by atoms with Crippen molar-refractivity contribution in [2.24, 2.45) is 0 Å². The van der Waals surface area contributed by atoms with E-state index in [2.05, 4.69) is 0 Å². The lowest BCUT2D eigenvalue weighted by Gasteiger charge is -2.32. The SMILES string of the molecule is CC1(C)CCc2c(cc(O)c3c(=O)c(O)c(-c4ccc(O)cc4)oc23)O1. The Morgan fingerprint density at radius 3 is 2.46 bits per heavy atom. The van der Waals surface area contributed by atoms with Gasteiger partial charge >= 0.3 is 0 Å². The van der Waals surface area contributed by atoms with Crippen molar-refractivity contribution in [2.45, 2.75) is 32.3 Å². The van der Waals surface area contributed by atoms with Crippen LogP contribution in [-0.4, -0.2) is 20.9 Å². The molecular formula is C20H18O6. The molecule has 134 valence electrons. The summed E-state index contributed by atoms with van der Waals surface area (Å²) in [6.07, 6.45) is 1.33. The van der Waals surface area contributed by atoms with Gasteiger partial charge in [-0.1, -0.05) is 0 Å². The van der Waals surface area contributed by atoms with Crippen LogP contribution in [0.4, 0.5) is 0 Å². The Balaban J connectivity index is 2.04. The van der Waals surface area contributed by atoms with Crippen LogP contribution in [0.15, 0.2) is 39.5 Å². The van der Waals surface area contributed by atoms with Gasteiger partial charge in [0.05, 0.1) is 0 Å². The van der Waals surface area contributed by atoms with E-state index in [4.69, 9.17) is 9.15 Å². The number of phenols is 2. The van der Waals surface area contributed by atoms with E-state index in [-0.39, 0.29) is 33.8 Å². The molecule has 3 N–H and O–H groups in total. The average molecular weight is 354 g/mol. The molecular weight excluding hydrogens is 336 g/mol. The summed E-state index contributed by atoms with van der Waals surface area (Å²) in [6.45, 7) is 3.90. The number of aromatic hydroxyl groups is 3. The van der Waals surface area contributed by atoms with Crippen molar-refractivity contribution < 1.29 is 24.5 Å². The number of benzene rings is 2. The number of hydrogen-bond acceptors (Lipinski definition) is 6. The van der Waals surface area contributed by atoms with Gasteiger partial charge in [-0.25, -0.2) is 0 Å². The van der Waals surface area contributed by atoms with Gasteiger partial charge in [-0.3, -0.25) is 4.79 Å². The van der Waals surface area contributed by atoms with Crippen molar-refractivity contribution in [2.75, 3.05) is 0 Å². The van der Waals surface area contributed by atoms with Gasteiger partial charge in [0.25, 0.3) is 0 Å². The fourth-order valence-electron chi connectivity index (χ4n) is 3.28. The molecule has 6 heteroatoms. The summed E-state index contributed by atoms with van der Waals surface area (Å²) < 4.78 is 11.8. The van der Waals surface area contributed by atoms with Crippen LogP contribution in [0, 0.1) is 0 Å². The zero-order chi connectivity index (χ0) is 18.6. The highest BCUT2D eigenvalue weighted by molar-refractivity contribution is 5.91. The second-order valence-electron chi connectivity index (χ2n) is 7.09. The molecule has 1 aliphatic heterocycles. The van der Waals surface area contributed by atoms with E-state index < -0.39 is 11.2 Å². The summed E-state index contributed by atoms with van der Waals surface area (Å²) >= 11 is 0. The third-order valence-corrected chi connectivity index (χ3v) is 4.68. The maximum Gasteiger partial charge on any atom is 0.238 e. The third kappa shape index (κ3) is 2.45. The van der Waals surface area contributed by atoms with Gasteiger partial charge in [0.1, 0.15) is 33.8 Å². The smallest absolute Gasteiger partial charge is 0.238 e. The summed E-state index contributed by atoms with van der Waals surface area (Å²) in [5.41, 5.74) is 0.243. The van der Waals surface area contributed by atoms with E-state index in [9.17, 15) is 20.1 Å². The van der Waals surface area contributed by atoms with E-state index in [1.807, 2.05) is 13.8 Å². The average Bonchev–Trinajstić information content (AvgIpc) is 2.57. The molecule has 0 amide bonds. The van der Waals surface area contributed by atoms with Gasteiger partial charge < -0.3 is 24.5 Å². The fourth-order valence-corrected chi connectivity index (χ4v) is 3.28. The standard InChI is InChI=1S/C20H18O6/c1-20(2)8-7-12-14(26-20)9-13(22)15-16(23)17(24)18(25-19(12)15)10-3-5-11(21)6-4-10/h3-6,9,21-22,24H,7-8H2,1-2H3. The molecule has 0 saturated heterocycles. The summed E-state index contributed by atoms with van der Waals surface area (Å²) in [5, 5.41) is 30.0. The van der Waals surface area contributed by atoms with E-state index >= 15 is 0 Å². The minimum Gasteiger partial charge on any atom is -0.508 e. The number of phenolic OH excluding ortho intramolecular Hbond substituents is 2. The molecule has 0 saturated carbocycles. The van der Waals surface area contributed by atoms with Crippen LogP contribution in [0.3, 0.4) is 0 Å². The predicted molar refractivity (Wildman–Crippen MR) is 95.9 cm³/mol. The summed E-state index contributed by atoms with van der Waals surface area (Å²) in [6, 6.07) is 7.34. The Kier molecular flexibility index (Phi) is 3.41. The molecule has 0 radical (unpaired) electrons. The largest absolute Gasteiger partial charge is 0.508 e. The van der Waals surface area contributed by atoms with Gasteiger partial charge in [0, 0.05) is 17.2 Å². The Labute approximate surface area is 148 Å². The molecule has 4 rings (SSSR count). The first-order chi connectivity index (χ1) is 12.3. The van der Waals surface area contributed by atoms with Crippen LogP contribution >= 0.6 is 0 Å². The maximum absolute atomic E-state index is 12.7. The molecule has 1 aromatic heterocycles. The highest BCUT2D eigenvalue weighted by Gasteiger charge is 2.31. The number of hydrogen-bond donors (Lipinski definition) is 3. The second kappa shape index (κ2) is 5.42. The van der Waals surface area contributed by atoms with Gasteiger partial charge in [0.2, 0.25) is 11.2 Å². The number of fused-ring (bicyclic) bond motifs is 3. The zero-order valence-electron chi connectivity index (χ0n) is 14.4. The van der Waals surface area contributed by atoms with Crippen LogP contribution < -0.4 is 10.2 Å². The second-order valence-corrected chi connectivity index (χ2v) is 7.09. The van der Waals surface area contributed by atoms with Crippen molar-refractivity contribution in [1.29, 1.82) is 0 Å². The molecule has 2 heterocycles. The number of aryl methyl sites for hydroxylation is 1. The van der Waals surface area contributed by atoms with Crippen molar-refractivity contribution >= 4 is 11.0 Å². The first-order valence-corrected chi connectivity index (χ1v) is 8.30. The minimum absolute atomic E-state index is 0.0138. The molecule has 2 aromatic carbocycles. The molecule has 3 aromatic rings. The Morgan fingerprint density at radius 1 is 1.08 bits per heavy atom. The Morgan fingerprint density at radius 2 is 1.77 bits per heavy atom. The van der Waals surface area contributed by atoms with Crippen molar-refractivity contribution in [1.82, 2.24) is 0 Å². The lowest BCUT2D eigenvalue weighted by Crippen LogP contribution is -2.32. The zero-order valence-corrected chi connectivity index (χ0v) is 14.4. The summed E-state index contributed by atoms with van der Waals surface area (Å²) in [4.78, 5) is 12.7. The lowest BCUT2D eigenvalue weighted by molar-refractivity contribution is 0.0846. The van der Waals surface area contributed by atoms with Gasteiger partial charge in [-0.15, -0.1) is 0 Å². The van der Waals surface area contributed by atoms with Crippen molar-refractivity contribution in [3.8, 4) is 34.3 Å². The third-order valence-electron chi connectivity index (χ3n) is 4.68. The van der Waals surface area contributed by atoms with Gasteiger partial charge in [-0.2, -0.15) is 0 Å². The molecule has 1 aliphatic rings.